The van der Waals surface area contributed by atoms with Crippen molar-refractivity contribution in [2.24, 2.45) is 0 Å². The Balaban J connectivity index is 1.97. The van der Waals surface area contributed by atoms with Crippen molar-refractivity contribution in [1.82, 2.24) is 9.47 Å². The molecule has 2 heterocycles. The summed E-state index contributed by atoms with van der Waals surface area (Å²) in [5.41, 5.74) is 1.90. The van der Waals surface area contributed by atoms with Gasteiger partial charge in [-0.1, -0.05) is 30.3 Å². The van der Waals surface area contributed by atoms with Crippen molar-refractivity contribution in [3.05, 3.63) is 58.4 Å². The van der Waals surface area contributed by atoms with Gasteiger partial charge in [0.05, 0.1) is 5.69 Å². The number of nitrogens with zero attached hydrogens (tertiary/aromatic N) is 3. The second kappa shape index (κ2) is 6.59. The first-order chi connectivity index (χ1) is 10.8. The highest BCUT2D eigenvalue weighted by Crippen LogP contribution is 2.18. The summed E-state index contributed by atoms with van der Waals surface area (Å²) in [5.74, 6) is 0. The molecule has 0 spiro atoms. The molecular weight excluding hydrogens is 274 g/mol. The van der Waals surface area contributed by atoms with Crippen molar-refractivity contribution in [3.63, 3.8) is 0 Å². The first kappa shape index (κ1) is 14.6. The monoisotopic (exact) mass is 293 g/mol. The van der Waals surface area contributed by atoms with E-state index < -0.39 is 0 Å². The third-order valence-electron chi connectivity index (χ3n) is 4.20. The maximum absolute atomic E-state index is 12.5. The molecule has 1 aliphatic heterocycles. The lowest BCUT2D eigenvalue weighted by Crippen LogP contribution is -2.31. The average Bonchev–Trinajstić information content (AvgIpc) is 3.07. The van der Waals surface area contributed by atoms with E-state index in [0.717, 1.165) is 30.9 Å². The maximum atomic E-state index is 12.5. The van der Waals surface area contributed by atoms with Crippen LogP contribution >= 0.6 is 0 Å². The smallest absolute Gasteiger partial charge is 0.268 e. The van der Waals surface area contributed by atoms with Crippen LogP contribution in [0.4, 0.5) is 0 Å². The lowest BCUT2D eigenvalue weighted by atomic mass is 10.1. The van der Waals surface area contributed by atoms with E-state index in [2.05, 4.69) is 4.90 Å². The number of hydrogen-bond donors (Lipinski definition) is 0. The molecule has 0 saturated carbocycles. The molecule has 3 rings (SSSR count). The minimum Gasteiger partial charge on any atom is -0.306 e. The Morgan fingerprint density at radius 3 is 2.41 bits per heavy atom. The van der Waals surface area contributed by atoms with Crippen LogP contribution in [-0.4, -0.2) is 29.1 Å². The molecule has 1 fully saturated rings. The zero-order chi connectivity index (χ0) is 15.4. The van der Waals surface area contributed by atoms with Crippen LogP contribution < -0.4 is 5.56 Å². The largest absolute Gasteiger partial charge is 0.306 e. The van der Waals surface area contributed by atoms with Crippen LogP contribution in [0.2, 0.25) is 0 Å². The van der Waals surface area contributed by atoms with Crippen LogP contribution in [0.25, 0.3) is 11.3 Å². The van der Waals surface area contributed by atoms with E-state index in [-0.39, 0.29) is 11.1 Å². The number of pyridine rings is 1. The number of aromatic nitrogens is 1. The molecule has 22 heavy (non-hydrogen) atoms. The summed E-state index contributed by atoms with van der Waals surface area (Å²) >= 11 is 0. The van der Waals surface area contributed by atoms with Gasteiger partial charge in [-0.25, -0.2) is 0 Å². The first-order valence-electron chi connectivity index (χ1n) is 7.71. The molecule has 1 saturated heterocycles. The van der Waals surface area contributed by atoms with E-state index in [1.54, 1.807) is 10.6 Å². The van der Waals surface area contributed by atoms with Gasteiger partial charge in [-0.15, -0.1) is 0 Å². The van der Waals surface area contributed by atoms with Crippen LogP contribution in [0.15, 0.2) is 47.3 Å². The van der Waals surface area contributed by atoms with Gasteiger partial charge < -0.3 is 9.47 Å². The SMILES string of the molecule is N#Cc1ccc(-c2ccccc2)n(CCN2CCCC2)c1=O. The molecule has 1 aliphatic rings. The molecule has 1 aromatic carbocycles. The standard InChI is InChI=1S/C18H19N3O/c19-14-16-8-9-17(15-6-2-1-3-7-15)21(18(16)22)13-12-20-10-4-5-11-20/h1-3,6-9H,4-5,10-13H2. The fourth-order valence-electron chi connectivity index (χ4n) is 2.99. The highest BCUT2D eigenvalue weighted by atomic mass is 16.1. The van der Waals surface area contributed by atoms with Crippen molar-refractivity contribution in [3.8, 4) is 17.3 Å². The molecule has 0 radical (unpaired) electrons. The molecule has 2 aromatic rings. The van der Waals surface area contributed by atoms with Crippen molar-refractivity contribution in [1.29, 1.82) is 5.26 Å². The Labute approximate surface area is 130 Å². The second-order valence-corrected chi connectivity index (χ2v) is 5.62. The summed E-state index contributed by atoms with van der Waals surface area (Å²) in [6, 6.07) is 15.4. The van der Waals surface area contributed by atoms with Gasteiger partial charge in [0.2, 0.25) is 0 Å². The summed E-state index contributed by atoms with van der Waals surface area (Å²) < 4.78 is 1.74. The van der Waals surface area contributed by atoms with E-state index in [1.165, 1.54) is 12.8 Å². The molecular formula is C18H19N3O. The molecule has 0 atom stereocenters. The Morgan fingerprint density at radius 1 is 1.00 bits per heavy atom. The quantitative estimate of drug-likeness (QED) is 0.870. The molecule has 1 aromatic heterocycles. The number of likely N-dealkylation sites (tertiary alicyclic amines) is 1. The minimum absolute atomic E-state index is 0.192. The lowest BCUT2D eigenvalue weighted by Gasteiger charge is -2.18. The zero-order valence-corrected chi connectivity index (χ0v) is 12.5. The molecule has 0 bridgehead atoms. The van der Waals surface area contributed by atoms with E-state index in [0.29, 0.717) is 6.54 Å². The summed E-state index contributed by atoms with van der Waals surface area (Å²) in [7, 11) is 0. The fraction of sp³-hybridized carbons (Fsp3) is 0.333. The van der Waals surface area contributed by atoms with E-state index in [4.69, 9.17) is 5.26 Å². The van der Waals surface area contributed by atoms with Crippen molar-refractivity contribution >= 4 is 0 Å². The van der Waals surface area contributed by atoms with Gasteiger partial charge in [-0.3, -0.25) is 4.79 Å². The second-order valence-electron chi connectivity index (χ2n) is 5.62. The van der Waals surface area contributed by atoms with Crippen LogP contribution in [0.3, 0.4) is 0 Å². The zero-order valence-electron chi connectivity index (χ0n) is 12.5. The number of nitriles is 1. The Kier molecular flexibility index (Phi) is 4.36. The molecule has 112 valence electrons. The molecule has 0 N–H and O–H groups in total. The lowest BCUT2D eigenvalue weighted by molar-refractivity contribution is 0.321. The Morgan fingerprint density at radius 2 is 1.73 bits per heavy atom. The van der Waals surface area contributed by atoms with Gasteiger partial charge in [0.1, 0.15) is 11.6 Å². The molecule has 0 unspecified atom stereocenters. The molecule has 0 aliphatic carbocycles. The van der Waals surface area contributed by atoms with Crippen molar-refractivity contribution in [2.45, 2.75) is 19.4 Å². The molecule has 0 amide bonds. The van der Waals surface area contributed by atoms with Gasteiger partial charge in [0.25, 0.3) is 5.56 Å². The summed E-state index contributed by atoms with van der Waals surface area (Å²) in [6.07, 6.45) is 2.47. The molecule has 4 heteroatoms. The van der Waals surface area contributed by atoms with Crippen LogP contribution in [0.5, 0.6) is 0 Å². The number of hydrogen-bond acceptors (Lipinski definition) is 3. The number of rotatable bonds is 4. The van der Waals surface area contributed by atoms with Gasteiger partial charge in [-0.05, 0) is 43.6 Å². The topological polar surface area (TPSA) is 49.0 Å². The highest BCUT2D eigenvalue weighted by molar-refractivity contribution is 5.60. The highest BCUT2D eigenvalue weighted by Gasteiger charge is 2.14. The Bertz CT molecular complexity index is 737. The summed E-state index contributed by atoms with van der Waals surface area (Å²) in [5, 5.41) is 9.11. The summed E-state index contributed by atoms with van der Waals surface area (Å²) in [4.78, 5) is 14.9. The van der Waals surface area contributed by atoms with E-state index in [1.807, 2.05) is 42.5 Å². The third-order valence-corrected chi connectivity index (χ3v) is 4.20. The first-order valence-corrected chi connectivity index (χ1v) is 7.71. The van der Waals surface area contributed by atoms with Crippen molar-refractivity contribution < 1.29 is 0 Å². The van der Waals surface area contributed by atoms with Gasteiger partial charge in [-0.2, -0.15) is 5.26 Å². The van der Waals surface area contributed by atoms with E-state index >= 15 is 0 Å². The molecule has 4 nitrogen and oxygen atoms in total. The predicted octanol–water partition coefficient (Wildman–Crippen LogP) is 2.48. The minimum atomic E-state index is -0.192. The average molecular weight is 293 g/mol. The van der Waals surface area contributed by atoms with Crippen LogP contribution in [0.1, 0.15) is 18.4 Å². The van der Waals surface area contributed by atoms with Gasteiger partial charge in [0, 0.05) is 13.1 Å². The van der Waals surface area contributed by atoms with E-state index in [9.17, 15) is 4.79 Å². The van der Waals surface area contributed by atoms with Crippen LogP contribution in [-0.2, 0) is 6.54 Å². The van der Waals surface area contributed by atoms with Crippen molar-refractivity contribution in [2.75, 3.05) is 19.6 Å². The maximum Gasteiger partial charge on any atom is 0.268 e. The van der Waals surface area contributed by atoms with Crippen LogP contribution in [0, 0.1) is 11.3 Å². The predicted molar refractivity (Wildman–Crippen MR) is 86.5 cm³/mol. The number of benzene rings is 1. The summed E-state index contributed by atoms with van der Waals surface area (Å²) in [6.45, 7) is 3.69. The third kappa shape index (κ3) is 2.95. The fourth-order valence-corrected chi connectivity index (χ4v) is 2.99. The van der Waals surface area contributed by atoms with Gasteiger partial charge in [0.15, 0.2) is 0 Å². The normalized spacial score (nSPS) is 14.9. The Hall–Kier alpha value is -2.38. The van der Waals surface area contributed by atoms with Gasteiger partial charge >= 0.3 is 0 Å².